The number of hydrogen-bond acceptors (Lipinski definition) is 3. The SMILES string of the molecule is CCCC(CC)Nc1cc(C)ncn1. The normalized spacial score (nSPS) is 12.5. The zero-order chi connectivity index (χ0) is 10.4. The Bertz CT molecular complexity index is 273. The fourth-order valence-electron chi connectivity index (χ4n) is 1.47. The molecule has 1 atom stereocenters. The van der Waals surface area contributed by atoms with E-state index in [1.165, 1.54) is 12.8 Å². The van der Waals surface area contributed by atoms with E-state index in [2.05, 4.69) is 29.1 Å². The molecule has 1 unspecified atom stereocenters. The molecule has 0 saturated heterocycles. The Hall–Kier alpha value is -1.12. The molecule has 3 nitrogen and oxygen atoms in total. The maximum Gasteiger partial charge on any atom is 0.129 e. The summed E-state index contributed by atoms with van der Waals surface area (Å²) in [4.78, 5) is 8.26. The van der Waals surface area contributed by atoms with E-state index in [1.54, 1.807) is 6.33 Å². The molecule has 0 bridgehead atoms. The summed E-state index contributed by atoms with van der Waals surface area (Å²) in [6.07, 6.45) is 5.14. The minimum atomic E-state index is 0.536. The molecule has 0 saturated carbocycles. The van der Waals surface area contributed by atoms with Gasteiger partial charge in [0.25, 0.3) is 0 Å². The van der Waals surface area contributed by atoms with Gasteiger partial charge in [-0.05, 0) is 19.8 Å². The first-order valence-corrected chi connectivity index (χ1v) is 5.31. The Morgan fingerprint density at radius 2 is 2.14 bits per heavy atom. The smallest absolute Gasteiger partial charge is 0.129 e. The summed E-state index contributed by atoms with van der Waals surface area (Å²) in [6, 6.07) is 2.52. The number of rotatable bonds is 5. The van der Waals surface area contributed by atoms with Crippen LogP contribution < -0.4 is 5.32 Å². The topological polar surface area (TPSA) is 37.8 Å². The van der Waals surface area contributed by atoms with E-state index in [0.717, 1.165) is 17.9 Å². The predicted molar refractivity (Wildman–Crippen MR) is 59.4 cm³/mol. The molecular formula is C11H19N3. The lowest BCUT2D eigenvalue weighted by atomic mass is 10.1. The molecule has 1 aromatic heterocycles. The van der Waals surface area contributed by atoms with Crippen LogP contribution in [0.25, 0.3) is 0 Å². The van der Waals surface area contributed by atoms with Crippen LogP contribution in [-0.4, -0.2) is 16.0 Å². The number of aryl methyl sites for hydroxylation is 1. The molecule has 1 N–H and O–H groups in total. The molecule has 0 aromatic carbocycles. The molecule has 0 fully saturated rings. The van der Waals surface area contributed by atoms with Crippen molar-refractivity contribution >= 4 is 5.82 Å². The molecule has 0 amide bonds. The molecule has 0 radical (unpaired) electrons. The predicted octanol–water partition coefficient (Wildman–Crippen LogP) is 2.78. The number of hydrogen-bond donors (Lipinski definition) is 1. The second kappa shape index (κ2) is 5.58. The van der Waals surface area contributed by atoms with Crippen molar-refractivity contribution in [3.05, 3.63) is 18.1 Å². The zero-order valence-electron chi connectivity index (χ0n) is 9.25. The van der Waals surface area contributed by atoms with Gasteiger partial charge < -0.3 is 5.32 Å². The monoisotopic (exact) mass is 193 g/mol. The second-order valence-corrected chi connectivity index (χ2v) is 3.58. The van der Waals surface area contributed by atoms with Crippen molar-refractivity contribution in [2.75, 3.05) is 5.32 Å². The van der Waals surface area contributed by atoms with E-state index in [4.69, 9.17) is 0 Å². The maximum absolute atomic E-state index is 4.19. The van der Waals surface area contributed by atoms with Gasteiger partial charge in [0, 0.05) is 17.8 Å². The highest BCUT2D eigenvalue weighted by Crippen LogP contribution is 2.10. The molecule has 78 valence electrons. The molecule has 0 aliphatic heterocycles. The van der Waals surface area contributed by atoms with Crippen LogP contribution in [0.5, 0.6) is 0 Å². The minimum absolute atomic E-state index is 0.536. The van der Waals surface area contributed by atoms with Crippen molar-refractivity contribution < 1.29 is 0 Å². The highest BCUT2D eigenvalue weighted by atomic mass is 15.0. The van der Waals surface area contributed by atoms with Crippen LogP contribution in [0.1, 0.15) is 38.8 Å². The third-order valence-corrected chi connectivity index (χ3v) is 2.29. The largest absolute Gasteiger partial charge is 0.367 e. The summed E-state index contributed by atoms with van der Waals surface area (Å²) >= 11 is 0. The molecule has 0 spiro atoms. The average Bonchev–Trinajstić information content (AvgIpc) is 2.17. The summed E-state index contributed by atoms with van der Waals surface area (Å²) in [5, 5.41) is 3.42. The molecule has 0 aliphatic carbocycles. The summed E-state index contributed by atoms with van der Waals surface area (Å²) < 4.78 is 0. The minimum Gasteiger partial charge on any atom is -0.367 e. The Balaban J connectivity index is 2.57. The van der Waals surface area contributed by atoms with E-state index in [9.17, 15) is 0 Å². The Morgan fingerprint density at radius 3 is 2.71 bits per heavy atom. The first-order chi connectivity index (χ1) is 6.76. The van der Waals surface area contributed by atoms with Gasteiger partial charge in [-0.15, -0.1) is 0 Å². The summed E-state index contributed by atoms with van der Waals surface area (Å²) in [5.41, 5.74) is 1.01. The Kier molecular flexibility index (Phi) is 4.36. The van der Waals surface area contributed by atoms with Gasteiger partial charge in [0.1, 0.15) is 12.1 Å². The van der Waals surface area contributed by atoms with Gasteiger partial charge in [0.05, 0.1) is 0 Å². The van der Waals surface area contributed by atoms with Crippen LogP contribution >= 0.6 is 0 Å². The quantitative estimate of drug-likeness (QED) is 0.781. The van der Waals surface area contributed by atoms with Crippen molar-refractivity contribution in [3.63, 3.8) is 0 Å². The highest BCUT2D eigenvalue weighted by molar-refractivity contribution is 5.35. The van der Waals surface area contributed by atoms with Gasteiger partial charge in [0.2, 0.25) is 0 Å². The van der Waals surface area contributed by atoms with Gasteiger partial charge >= 0.3 is 0 Å². The molecular weight excluding hydrogens is 174 g/mol. The maximum atomic E-state index is 4.19. The van der Waals surface area contributed by atoms with Crippen LogP contribution in [0, 0.1) is 6.92 Å². The summed E-state index contributed by atoms with van der Waals surface area (Å²) in [7, 11) is 0. The van der Waals surface area contributed by atoms with E-state index < -0.39 is 0 Å². The highest BCUT2D eigenvalue weighted by Gasteiger charge is 2.05. The molecule has 1 heterocycles. The average molecular weight is 193 g/mol. The Morgan fingerprint density at radius 1 is 1.36 bits per heavy atom. The van der Waals surface area contributed by atoms with Crippen molar-refractivity contribution in [3.8, 4) is 0 Å². The number of nitrogens with one attached hydrogen (secondary N) is 1. The van der Waals surface area contributed by atoms with Gasteiger partial charge in [0.15, 0.2) is 0 Å². The van der Waals surface area contributed by atoms with Crippen LogP contribution in [0.2, 0.25) is 0 Å². The van der Waals surface area contributed by atoms with Crippen LogP contribution in [0.4, 0.5) is 5.82 Å². The van der Waals surface area contributed by atoms with Crippen LogP contribution in [0.3, 0.4) is 0 Å². The fraction of sp³-hybridized carbons (Fsp3) is 0.636. The van der Waals surface area contributed by atoms with Gasteiger partial charge in [-0.25, -0.2) is 9.97 Å². The lowest BCUT2D eigenvalue weighted by Gasteiger charge is -2.16. The van der Waals surface area contributed by atoms with Crippen molar-refractivity contribution in [1.82, 2.24) is 9.97 Å². The third kappa shape index (κ3) is 3.32. The lowest BCUT2D eigenvalue weighted by Crippen LogP contribution is -2.18. The van der Waals surface area contributed by atoms with Crippen molar-refractivity contribution in [2.45, 2.75) is 46.1 Å². The van der Waals surface area contributed by atoms with Crippen molar-refractivity contribution in [2.24, 2.45) is 0 Å². The molecule has 1 aromatic rings. The molecule has 1 rings (SSSR count). The van der Waals surface area contributed by atoms with E-state index >= 15 is 0 Å². The first-order valence-electron chi connectivity index (χ1n) is 5.31. The zero-order valence-corrected chi connectivity index (χ0v) is 9.25. The second-order valence-electron chi connectivity index (χ2n) is 3.58. The van der Waals surface area contributed by atoms with Crippen molar-refractivity contribution in [1.29, 1.82) is 0 Å². The number of anilines is 1. The Labute approximate surface area is 86.0 Å². The fourth-order valence-corrected chi connectivity index (χ4v) is 1.47. The van der Waals surface area contributed by atoms with Gasteiger partial charge in [-0.3, -0.25) is 0 Å². The van der Waals surface area contributed by atoms with Gasteiger partial charge in [-0.2, -0.15) is 0 Å². The lowest BCUT2D eigenvalue weighted by molar-refractivity contribution is 0.620. The number of aromatic nitrogens is 2. The number of nitrogens with zero attached hydrogens (tertiary/aromatic N) is 2. The third-order valence-electron chi connectivity index (χ3n) is 2.29. The van der Waals surface area contributed by atoms with E-state index in [0.29, 0.717) is 6.04 Å². The van der Waals surface area contributed by atoms with Crippen LogP contribution in [-0.2, 0) is 0 Å². The standard InChI is InChI=1S/C11H19N3/c1-4-6-10(5-2)14-11-7-9(3)12-8-13-11/h7-8,10H,4-6H2,1-3H3,(H,12,13,14). The molecule has 14 heavy (non-hydrogen) atoms. The summed E-state index contributed by atoms with van der Waals surface area (Å²) in [6.45, 7) is 6.38. The van der Waals surface area contributed by atoms with Gasteiger partial charge in [-0.1, -0.05) is 20.3 Å². The summed E-state index contributed by atoms with van der Waals surface area (Å²) in [5.74, 6) is 0.942. The van der Waals surface area contributed by atoms with E-state index in [1.807, 2.05) is 13.0 Å². The van der Waals surface area contributed by atoms with E-state index in [-0.39, 0.29) is 0 Å². The first kappa shape index (κ1) is 11.0. The molecule has 3 heteroatoms. The molecule has 0 aliphatic rings. The van der Waals surface area contributed by atoms with Crippen LogP contribution in [0.15, 0.2) is 12.4 Å².